The van der Waals surface area contributed by atoms with Gasteiger partial charge in [0.1, 0.15) is 11.6 Å². The average molecular weight is 292 g/mol. The lowest BCUT2D eigenvalue weighted by Gasteiger charge is -2.27. The van der Waals surface area contributed by atoms with E-state index in [1.54, 1.807) is 12.1 Å². The molecule has 0 aliphatic carbocycles. The summed E-state index contributed by atoms with van der Waals surface area (Å²) < 4.78 is 19.1. The van der Waals surface area contributed by atoms with E-state index in [9.17, 15) is 9.18 Å². The molecule has 2 fully saturated rings. The monoisotopic (exact) mass is 292 g/mol. The number of nitrogens with zero attached hydrogens (tertiary/aromatic N) is 1. The summed E-state index contributed by atoms with van der Waals surface area (Å²) in [4.78, 5) is 14.2. The Hall–Kier alpha value is -1.62. The maximum atomic E-state index is 14.1. The summed E-state index contributed by atoms with van der Waals surface area (Å²) in [6.45, 7) is 2.05. The van der Waals surface area contributed by atoms with Crippen molar-refractivity contribution in [1.29, 1.82) is 0 Å². The predicted molar refractivity (Wildman–Crippen MR) is 77.5 cm³/mol. The number of amides is 1. The molecule has 21 heavy (non-hydrogen) atoms. The third-order valence-electron chi connectivity index (χ3n) is 4.43. The van der Waals surface area contributed by atoms with Gasteiger partial charge < -0.3 is 10.1 Å². The number of methoxy groups -OCH3 is 1. The van der Waals surface area contributed by atoms with Crippen molar-refractivity contribution < 1.29 is 13.9 Å². The van der Waals surface area contributed by atoms with Crippen LogP contribution in [0.5, 0.6) is 5.75 Å². The molecule has 0 radical (unpaired) electrons. The molecular weight excluding hydrogens is 271 g/mol. The zero-order valence-corrected chi connectivity index (χ0v) is 12.3. The van der Waals surface area contributed by atoms with Crippen LogP contribution in [-0.4, -0.2) is 37.0 Å². The summed E-state index contributed by atoms with van der Waals surface area (Å²) in [6.07, 6.45) is 3.05. The van der Waals surface area contributed by atoms with Crippen LogP contribution in [-0.2, 0) is 11.3 Å². The van der Waals surface area contributed by atoms with Crippen molar-refractivity contribution in [3.8, 4) is 5.75 Å². The van der Waals surface area contributed by atoms with E-state index in [0.717, 1.165) is 25.8 Å². The number of halogens is 1. The molecule has 1 aromatic rings. The highest BCUT2D eigenvalue weighted by Gasteiger charge is 2.32. The fourth-order valence-corrected chi connectivity index (χ4v) is 3.30. The Bertz CT molecular complexity index is 535. The van der Waals surface area contributed by atoms with Gasteiger partial charge in [-0.1, -0.05) is 12.5 Å². The number of ether oxygens (including phenoxy) is 1. The molecule has 114 valence electrons. The minimum Gasteiger partial charge on any atom is -0.497 e. The van der Waals surface area contributed by atoms with Gasteiger partial charge in [0.05, 0.1) is 13.0 Å². The third kappa shape index (κ3) is 3.18. The number of hydrogen-bond acceptors (Lipinski definition) is 3. The van der Waals surface area contributed by atoms with Gasteiger partial charge in [0.25, 0.3) is 0 Å². The number of benzene rings is 1. The Morgan fingerprint density at radius 3 is 3.00 bits per heavy atom. The highest BCUT2D eigenvalue weighted by atomic mass is 19.1. The van der Waals surface area contributed by atoms with Crippen LogP contribution in [0, 0.1) is 11.7 Å². The zero-order valence-electron chi connectivity index (χ0n) is 12.3. The number of rotatable bonds is 3. The lowest BCUT2D eigenvalue weighted by molar-refractivity contribution is -0.124. The van der Waals surface area contributed by atoms with E-state index in [0.29, 0.717) is 24.4 Å². The van der Waals surface area contributed by atoms with Crippen molar-refractivity contribution in [2.45, 2.75) is 31.8 Å². The molecule has 2 atom stereocenters. The van der Waals surface area contributed by atoms with Crippen LogP contribution in [0.25, 0.3) is 0 Å². The maximum Gasteiger partial charge on any atom is 0.224 e. The number of fused-ring (bicyclic) bond motifs is 3. The summed E-state index contributed by atoms with van der Waals surface area (Å²) in [6, 6.07) is 5.16. The molecule has 0 saturated carbocycles. The van der Waals surface area contributed by atoms with Crippen LogP contribution in [0.3, 0.4) is 0 Å². The molecule has 2 aliphatic rings. The van der Waals surface area contributed by atoms with Crippen molar-refractivity contribution >= 4 is 5.91 Å². The van der Waals surface area contributed by atoms with E-state index in [2.05, 4.69) is 10.2 Å². The highest BCUT2D eigenvalue weighted by molar-refractivity contribution is 5.79. The smallest absolute Gasteiger partial charge is 0.224 e. The molecule has 2 saturated heterocycles. The van der Waals surface area contributed by atoms with Gasteiger partial charge in [-0.25, -0.2) is 4.39 Å². The first-order valence-electron chi connectivity index (χ1n) is 7.51. The molecule has 1 N–H and O–H groups in total. The highest BCUT2D eigenvalue weighted by Crippen LogP contribution is 2.24. The summed E-state index contributed by atoms with van der Waals surface area (Å²) in [5.41, 5.74) is 0.656. The van der Waals surface area contributed by atoms with Gasteiger partial charge in [-0.05, 0) is 18.9 Å². The van der Waals surface area contributed by atoms with Gasteiger partial charge in [0.2, 0.25) is 5.91 Å². The van der Waals surface area contributed by atoms with E-state index in [-0.39, 0.29) is 23.7 Å². The molecule has 0 spiro atoms. The molecule has 2 bridgehead atoms. The quantitative estimate of drug-likeness (QED) is 0.925. The molecule has 0 aromatic heterocycles. The van der Waals surface area contributed by atoms with Crippen LogP contribution >= 0.6 is 0 Å². The first-order chi connectivity index (χ1) is 10.2. The second-order valence-electron chi connectivity index (χ2n) is 5.98. The molecule has 1 aromatic carbocycles. The van der Waals surface area contributed by atoms with E-state index in [4.69, 9.17) is 4.74 Å². The molecule has 3 rings (SSSR count). The Labute approximate surface area is 124 Å². The van der Waals surface area contributed by atoms with Crippen molar-refractivity contribution in [2.24, 2.45) is 5.92 Å². The van der Waals surface area contributed by atoms with Crippen molar-refractivity contribution in [3.05, 3.63) is 29.6 Å². The topological polar surface area (TPSA) is 41.6 Å². The number of carbonyl (C=O) groups excluding carboxylic acids is 1. The lowest BCUT2D eigenvalue weighted by atomic mass is 9.99. The van der Waals surface area contributed by atoms with Crippen LogP contribution in [0.15, 0.2) is 18.2 Å². The van der Waals surface area contributed by atoms with E-state index in [1.807, 2.05) is 0 Å². The largest absolute Gasteiger partial charge is 0.497 e. The van der Waals surface area contributed by atoms with Crippen molar-refractivity contribution in [1.82, 2.24) is 10.2 Å². The van der Waals surface area contributed by atoms with Crippen molar-refractivity contribution in [3.63, 3.8) is 0 Å². The Morgan fingerprint density at radius 1 is 1.38 bits per heavy atom. The second-order valence-corrected chi connectivity index (χ2v) is 5.98. The van der Waals surface area contributed by atoms with Crippen LogP contribution in [0.1, 0.15) is 24.8 Å². The second kappa shape index (κ2) is 6.02. The van der Waals surface area contributed by atoms with Gasteiger partial charge in [-0.2, -0.15) is 0 Å². The molecular formula is C16H21FN2O2. The third-order valence-corrected chi connectivity index (χ3v) is 4.43. The van der Waals surface area contributed by atoms with Gasteiger partial charge in [-0.3, -0.25) is 9.69 Å². The number of likely N-dealkylation sites (tertiary alicyclic amines) is 1. The Kier molecular flexibility index (Phi) is 4.10. The molecule has 2 aliphatic heterocycles. The number of hydrogen-bond donors (Lipinski definition) is 1. The number of nitrogens with one attached hydrogen (secondary N) is 1. The van der Waals surface area contributed by atoms with E-state index in [1.165, 1.54) is 13.2 Å². The molecule has 4 nitrogen and oxygen atoms in total. The van der Waals surface area contributed by atoms with Gasteiger partial charge in [-0.15, -0.1) is 0 Å². The molecule has 1 amide bonds. The van der Waals surface area contributed by atoms with Crippen LogP contribution in [0.4, 0.5) is 4.39 Å². The average Bonchev–Trinajstić information content (AvgIpc) is 2.69. The van der Waals surface area contributed by atoms with Crippen LogP contribution < -0.4 is 10.1 Å². The molecule has 5 heteroatoms. The summed E-state index contributed by atoms with van der Waals surface area (Å²) in [5.74, 6) is 0.484. The first-order valence-corrected chi connectivity index (χ1v) is 7.51. The standard InChI is InChI=1S/C16H21FN2O2/c1-21-14-6-5-11(15(17)7-14)8-19-9-12-3-2-4-13(10-19)18-16(12)20/h5-7,12-13H,2-4,8-10H2,1H3,(H,18,20)/t12-,13+/m0/s1. The first kappa shape index (κ1) is 14.3. The summed E-state index contributed by atoms with van der Waals surface area (Å²) in [7, 11) is 1.53. The SMILES string of the molecule is COc1ccc(CN2C[C@H]3CCC[C@@H](C2)C(=O)N3)c(F)c1. The Balaban J connectivity index is 1.74. The van der Waals surface area contributed by atoms with Gasteiger partial charge >= 0.3 is 0 Å². The van der Waals surface area contributed by atoms with Crippen molar-refractivity contribution in [2.75, 3.05) is 20.2 Å². The van der Waals surface area contributed by atoms with Gasteiger partial charge in [0.15, 0.2) is 0 Å². The fraction of sp³-hybridized carbons (Fsp3) is 0.562. The molecule has 0 unspecified atom stereocenters. The van der Waals surface area contributed by atoms with Crippen LogP contribution in [0.2, 0.25) is 0 Å². The predicted octanol–water partition coefficient (Wildman–Crippen LogP) is 1.93. The van der Waals surface area contributed by atoms with E-state index < -0.39 is 0 Å². The zero-order chi connectivity index (χ0) is 14.8. The van der Waals surface area contributed by atoms with Gasteiger partial charge in [0, 0.05) is 37.3 Å². The fourth-order valence-electron chi connectivity index (χ4n) is 3.30. The maximum absolute atomic E-state index is 14.1. The lowest BCUT2D eigenvalue weighted by Crippen LogP contribution is -2.38. The number of carbonyl (C=O) groups is 1. The minimum absolute atomic E-state index is 0.0406. The van der Waals surface area contributed by atoms with E-state index >= 15 is 0 Å². The summed E-state index contributed by atoms with van der Waals surface area (Å²) >= 11 is 0. The molecule has 2 heterocycles. The normalized spacial score (nSPS) is 26.1. The Morgan fingerprint density at radius 2 is 2.24 bits per heavy atom. The minimum atomic E-state index is -0.247. The summed E-state index contributed by atoms with van der Waals surface area (Å²) in [5, 5.41) is 3.10.